The predicted octanol–water partition coefficient (Wildman–Crippen LogP) is 4.50. The van der Waals surface area contributed by atoms with Crippen molar-refractivity contribution in [3.8, 4) is 11.8 Å². The Morgan fingerprint density at radius 3 is 2.87 bits per heavy atom. The predicted molar refractivity (Wildman–Crippen MR) is 152 cm³/mol. The molecule has 7 nitrogen and oxygen atoms in total. The SMILES string of the molecule is O=C(NCCCc1cn[nH]c1)c1ccc(CCC2CC=CC=N2)c(C#Cc2cccc(N3CCCC3)n2)c1. The summed E-state index contributed by atoms with van der Waals surface area (Å²) in [6.07, 6.45) is 16.6. The molecule has 2 N–H and O–H groups in total. The third-order valence-electron chi connectivity index (χ3n) is 7.02. The molecule has 0 spiro atoms. The lowest BCUT2D eigenvalue weighted by molar-refractivity contribution is 0.0953. The van der Waals surface area contributed by atoms with Crippen molar-refractivity contribution >= 4 is 17.9 Å². The van der Waals surface area contributed by atoms with Crippen LogP contribution in [-0.2, 0) is 12.8 Å². The van der Waals surface area contributed by atoms with E-state index in [9.17, 15) is 4.79 Å². The number of amides is 1. The number of nitrogens with zero attached hydrogens (tertiary/aromatic N) is 4. The molecule has 0 bridgehead atoms. The van der Waals surface area contributed by atoms with Gasteiger partial charge in [0.1, 0.15) is 11.5 Å². The summed E-state index contributed by atoms with van der Waals surface area (Å²) in [4.78, 5) is 24.6. The van der Waals surface area contributed by atoms with Crippen LogP contribution < -0.4 is 10.2 Å². The second kappa shape index (κ2) is 12.9. The molecule has 1 saturated heterocycles. The van der Waals surface area contributed by atoms with Gasteiger partial charge in [0.2, 0.25) is 0 Å². The number of dihydropyridines is 1. The summed E-state index contributed by atoms with van der Waals surface area (Å²) in [5, 5.41) is 9.83. The summed E-state index contributed by atoms with van der Waals surface area (Å²) in [5.41, 5.74) is 4.52. The van der Waals surface area contributed by atoms with Gasteiger partial charge in [-0.1, -0.05) is 24.1 Å². The molecular formula is C31H34N6O. The normalized spacial score (nSPS) is 16.3. The highest BCUT2D eigenvalue weighted by Crippen LogP contribution is 2.19. The lowest BCUT2D eigenvalue weighted by Gasteiger charge is -2.15. The first-order valence-corrected chi connectivity index (χ1v) is 13.6. The minimum atomic E-state index is -0.0806. The van der Waals surface area contributed by atoms with Crippen LogP contribution in [0, 0.1) is 11.8 Å². The molecular weight excluding hydrogens is 472 g/mol. The Kier molecular flexibility index (Phi) is 8.62. The molecule has 0 aliphatic carbocycles. The first-order chi connectivity index (χ1) is 18.7. The third kappa shape index (κ3) is 6.98. The van der Waals surface area contributed by atoms with Crippen LogP contribution >= 0.6 is 0 Å². The number of benzene rings is 1. The Morgan fingerprint density at radius 1 is 1.13 bits per heavy atom. The number of aromatic amines is 1. The van der Waals surface area contributed by atoms with E-state index >= 15 is 0 Å². The molecule has 1 amide bonds. The topological polar surface area (TPSA) is 86.3 Å². The van der Waals surface area contributed by atoms with E-state index in [0.29, 0.717) is 12.1 Å². The number of aromatic nitrogens is 3. The molecule has 194 valence electrons. The van der Waals surface area contributed by atoms with E-state index < -0.39 is 0 Å². The maximum atomic E-state index is 12.9. The lowest BCUT2D eigenvalue weighted by atomic mass is 9.96. The van der Waals surface area contributed by atoms with Crippen molar-refractivity contribution in [2.75, 3.05) is 24.5 Å². The summed E-state index contributed by atoms with van der Waals surface area (Å²) >= 11 is 0. The Bertz CT molecular complexity index is 1340. The zero-order valence-corrected chi connectivity index (χ0v) is 21.7. The van der Waals surface area contributed by atoms with Crippen LogP contribution in [0.2, 0.25) is 0 Å². The third-order valence-corrected chi connectivity index (χ3v) is 7.02. The Balaban J connectivity index is 1.30. The quantitative estimate of drug-likeness (QED) is 0.331. The molecule has 2 aliphatic heterocycles. The number of H-pyrrole nitrogens is 1. The van der Waals surface area contributed by atoms with E-state index in [4.69, 9.17) is 4.98 Å². The Labute approximate surface area is 224 Å². The average molecular weight is 507 g/mol. The largest absolute Gasteiger partial charge is 0.357 e. The number of carbonyl (C=O) groups is 1. The van der Waals surface area contributed by atoms with Crippen LogP contribution in [-0.4, -0.2) is 53.0 Å². The molecule has 0 saturated carbocycles. The van der Waals surface area contributed by atoms with Gasteiger partial charge < -0.3 is 10.2 Å². The summed E-state index contributed by atoms with van der Waals surface area (Å²) in [6, 6.07) is 12.2. The lowest BCUT2D eigenvalue weighted by Crippen LogP contribution is -2.25. The highest BCUT2D eigenvalue weighted by molar-refractivity contribution is 5.94. The van der Waals surface area contributed by atoms with E-state index in [1.54, 1.807) is 0 Å². The van der Waals surface area contributed by atoms with Gasteiger partial charge >= 0.3 is 0 Å². The standard InChI is InChI=1S/C31H34N6O/c38-31(33-18-6-7-24-22-34-35-23-24)27-12-11-25(13-15-28-8-1-2-17-32-28)26(21-27)14-16-29-9-5-10-30(36-29)37-19-3-4-20-37/h1-2,5,9-12,17,21-23,28H,3-4,6-8,13,15,18-20H2,(H,33,38)(H,34,35). The van der Waals surface area contributed by atoms with E-state index in [2.05, 4.69) is 49.4 Å². The number of hydrogen-bond donors (Lipinski definition) is 2. The summed E-state index contributed by atoms with van der Waals surface area (Å²) < 4.78 is 0. The van der Waals surface area contributed by atoms with E-state index in [1.807, 2.05) is 55.0 Å². The van der Waals surface area contributed by atoms with Gasteiger partial charge in [-0.25, -0.2) is 4.98 Å². The second-order valence-electron chi connectivity index (χ2n) is 9.82. The van der Waals surface area contributed by atoms with Crippen molar-refractivity contribution in [3.05, 3.63) is 88.9 Å². The maximum Gasteiger partial charge on any atom is 0.251 e. The highest BCUT2D eigenvalue weighted by Gasteiger charge is 2.14. The van der Waals surface area contributed by atoms with Crippen LogP contribution in [0.15, 0.2) is 65.9 Å². The fraction of sp³-hybridized carbons (Fsp3) is 0.355. The number of rotatable bonds is 9. The summed E-state index contributed by atoms with van der Waals surface area (Å²) in [7, 11) is 0. The molecule has 2 aliphatic rings. The highest BCUT2D eigenvalue weighted by atomic mass is 16.1. The van der Waals surface area contributed by atoms with Crippen LogP contribution in [0.1, 0.15) is 64.8 Å². The van der Waals surface area contributed by atoms with Gasteiger partial charge in [0, 0.05) is 43.2 Å². The fourth-order valence-corrected chi connectivity index (χ4v) is 4.85. The van der Waals surface area contributed by atoms with E-state index in [-0.39, 0.29) is 11.9 Å². The number of allylic oxidation sites excluding steroid dienone is 1. The molecule has 4 heterocycles. The molecule has 3 aromatic rings. The molecule has 0 radical (unpaired) electrons. The number of aryl methyl sites for hydroxylation is 2. The van der Waals surface area contributed by atoms with Gasteiger partial charge in [0.25, 0.3) is 5.91 Å². The number of carbonyl (C=O) groups excluding carboxylic acids is 1. The minimum absolute atomic E-state index is 0.0806. The van der Waals surface area contributed by atoms with Crippen molar-refractivity contribution in [2.45, 2.75) is 51.0 Å². The molecule has 7 heteroatoms. The van der Waals surface area contributed by atoms with Gasteiger partial charge in [-0.05, 0) is 92.3 Å². The van der Waals surface area contributed by atoms with Crippen molar-refractivity contribution < 1.29 is 4.79 Å². The maximum absolute atomic E-state index is 12.9. The smallest absolute Gasteiger partial charge is 0.251 e. The minimum Gasteiger partial charge on any atom is -0.357 e. The molecule has 5 rings (SSSR count). The monoisotopic (exact) mass is 506 g/mol. The van der Waals surface area contributed by atoms with Gasteiger partial charge in [0.15, 0.2) is 0 Å². The second-order valence-corrected chi connectivity index (χ2v) is 9.82. The number of hydrogen-bond acceptors (Lipinski definition) is 5. The fourth-order valence-electron chi connectivity index (χ4n) is 4.85. The van der Waals surface area contributed by atoms with E-state index in [1.165, 1.54) is 12.8 Å². The van der Waals surface area contributed by atoms with Crippen LogP contribution in [0.25, 0.3) is 0 Å². The van der Waals surface area contributed by atoms with Crippen molar-refractivity contribution in [2.24, 2.45) is 4.99 Å². The first-order valence-electron chi connectivity index (χ1n) is 13.6. The van der Waals surface area contributed by atoms with Gasteiger partial charge in [-0.2, -0.15) is 5.10 Å². The zero-order chi connectivity index (χ0) is 26.0. The van der Waals surface area contributed by atoms with Gasteiger partial charge in [-0.15, -0.1) is 0 Å². The van der Waals surface area contributed by atoms with Crippen molar-refractivity contribution in [1.82, 2.24) is 20.5 Å². The average Bonchev–Trinajstić information content (AvgIpc) is 3.69. The van der Waals surface area contributed by atoms with Crippen LogP contribution in [0.4, 0.5) is 5.82 Å². The zero-order valence-electron chi connectivity index (χ0n) is 21.7. The molecule has 38 heavy (non-hydrogen) atoms. The summed E-state index contributed by atoms with van der Waals surface area (Å²) in [5.74, 6) is 7.52. The number of nitrogens with one attached hydrogen (secondary N) is 2. The first kappa shape index (κ1) is 25.5. The molecule has 2 aromatic heterocycles. The number of aliphatic imine (C=N–C) groups is 1. The Hall–Kier alpha value is -4.18. The van der Waals surface area contributed by atoms with Crippen molar-refractivity contribution in [3.63, 3.8) is 0 Å². The van der Waals surface area contributed by atoms with Crippen molar-refractivity contribution in [1.29, 1.82) is 0 Å². The van der Waals surface area contributed by atoms with E-state index in [0.717, 1.165) is 73.4 Å². The molecule has 1 atom stereocenters. The van der Waals surface area contributed by atoms with Gasteiger partial charge in [-0.3, -0.25) is 14.9 Å². The molecule has 1 fully saturated rings. The molecule has 1 aromatic carbocycles. The summed E-state index contributed by atoms with van der Waals surface area (Å²) in [6.45, 7) is 2.70. The van der Waals surface area contributed by atoms with Gasteiger partial charge in [0.05, 0.1) is 12.2 Å². The van der Waals surface area contributed by atoms with Crippen LogP contribution in [0.3, 0.4) is 0 Å². The molecule has 1 unspecified atom stereocenters. The number of anilines is 1. The van der Waals surface area contributed by atoms with Crippen LogP contribution in [0.5, 0.6) is 0 Å². The number of pyridine rings is 1. The Morgan fingerprint density at radius 2 is 2.05 bits per heavy atom.